The fourth-order valence-corrected chi connectivity index (χ4v) is 2.52. The number of hydrazone groups is 1. The summed E-state index contributed by atoms with van der Waals surface area (Å²) in [5.41, 5.74) is 0. The molecule has 88 valence electrons. The van der Waals surface area contributed by atoms with E-state index in [4.69, 9.17) is 0 Å². The molecule has 3 nitrogen and oxygen atoms in total. The Morgan fingerprint density at radius 3 is 2.60 bits per heavy atom. The van der Waals surface area contributed by atoms with Crippen LogP contribution >= 0.6 is 15.9 Å². The third kappa shape index (κ3) is 3.67. The van der Waals surface area contributed by atoms with Crippen molar-refractivity contribution in [2.45, 2.75) is 57.6 Å². The highest BCUT2D eigenvalue weighted by molar-refractivity contribution is 9.09. The van der Waals surface area contributed by atoms with E-state index in [1.165, 1.54) is 25.7 Å². The molecule has 0 saturated heterocycles. The van der Waals surface area contributed by atoms with E-state index >= 15 is 0 Å². The lowest BCUT2D eigenvalue weighted by Crippen LogP contribution is -2.39. The predicted octanol–water partition coefficient (Wildman–Crippen LogP) is 3.21. The van der Waals surface area contributed by atoms with Gasteiger partial charge in [0.15, 0.2) is 5.08 Å². The lowest BCUT2D eigenvalue weighted by molar-refractivity contribution is 0.187. The van der Waals surface area contributed by atoms with Crippen molar-refractivity contribution >= 4 is 22.3 Å². The summed E-state index contributed by atoms with van der Waals surface area (Å²) in [4.78, 5) is 2.22. The SMILES string of the molecule is CCCCCCN1N=CN(C(C)C)C1Br. The second-order valence-electron chi connectivity index (χ2n) is 4.31. The Kier molecular flexibility index (Phi) is 5.43. The van der Waals surface area contributed by atoms with Gasteiger partial charge in [0.25, 0.3) is 0 Å². The second-order valence-corrected chi connectivity index (χ2v) is 5.13. The summed E-state index contributed by atoms with van der Waals surface area (Å²) in [6.07, 6.45) is 7.10. The molecular weight excluding hydrogens is 254 g/mol. The summed E-state index contributed by atoms with van der Waals surface area (Å²) >= 11 is 3.67. The van der Waals surface area contributed by atoms with Crippen molar-refractivity contribution in [2.24, 2.45) is 5.10 Å². The molecule has 1 rings (SSSR count). The molecule has 0 amide bonds. The van der Waals surface area contributed by atoms with Crippen molar-refractivity contribution < 1.29 is 0 Å². The van der Waals surface area contributed by atoms with Gasteiger partial charge >= 0.3 is 0 Å². The van der Waals surface area contributed by atoms with Crippen molar-refractivity contribution in [3.63, 3.8) is 0 Å². The maximum atomic E-state index is 4.40. The lowest BCUT2D eigenvalue weighted by Gasteiger charge is -2.28. The van der Waals surface area contributed by atoms with Crippen LogP contribution in [0.3, 0.4) is 0 Å². The monoisotopic (exact) mass is 275 g/mol. The van der Waals surface area contributed by atoms with Crippen LogP contribution in [-0.2, 0) is 0 Å². The van der Waals surface area contributed by atoms with Gasteiger partial charge in [-0.15, -0.1) is 0 Å². The molecule has 0 saturated carbocycles. The van der Waals surface area contributed by atoms with Crippen LogP contribution in [0.2, 0.25) is 0 Å². The zero-order valence-electron chi connectivity index (χ0n) is 9.99. The van der Waals surface area contributed by atoms with E-state index < -0.39 is 0 Å². The van der Waals surface area contributed by atoms with Crippen LogP contribution in [0.1, 0.15) is 46.5 Å². The van der Waals surface area contributed by atoms with Gasteiger partial charge in [0.1, 0.15) is 6.34 Å². The molecule has 0 fully saturated rings. The minimum Gasteiger partial charge on any atom is -0.328 e. The van der Waals surface area contributed by atoms with Crippen molar-refractivity contribution in [3.05, 3.63) is 0 Å². The first-order valence-electron chi connectivity index (χ1n) is 5.89. The molecule has 15 heavy (non-hydrogen) atoms. The molecule has 4 heteroatoms. The highest BCUT2D eigenvalue weighted by atomic mass is 79.9. The molecule has 0 radical (unpaired) electrons. The van der Waals surface area contributed by atoms with Gasteiger partial charge in [0.2, 0.25) is 0 Å². The van der Waals surface area contributed by atoms with Gasteiger partial charge in [-0.2, -0.15) is 5.10 Å². The van der Waals surface area contributed by atoms with Gasteiger partial charge in [-0.05, 0) is 36.2 Å². The highest BCUT2D eigenvalue weighted by Gasteiger charge is 2.26. The van der Waals surface area contributed by atoms with E-state index in [0.29, 0.717) is 6.04 Å². The highest BCUT2D eigenvalue weighted by Crippen LogP contribution is 2.21. The van der Waals surface area contributed by atoms with Crippen LogP contribution in [0.5, 0.6) is 0 Å². The Morgan fingerprint density at radius 2 is 2.07 bits per heavy atom. The molecule has 1 aliphatic rings. The Labute approximate surface area is 102 Å². The van der Waals surface area contributed by atoms with Crippen LogP contribution < -0.4 is 0 Å². The van der Waals surface area contributed by atoms with Crippen LogP contribution in [0.4, 0.5) is 0 Å². The summed E-state index contributed by atoms with van der Waals surface area (Å²) in [7, 11) is 0. The molecule has 0 aromatic carbocycles. The zero-order chi connectivity index (χ0) is 11.3. The topological polar surface area (TPSA) is 18.8 Å². The smallest absolute Gasteiger partial charge is 0.176 e. The van der Waals surface area contributed by atoms with E-state index in [0.717, 1.165) is 6.54 Å². The summed E-state index contributed by atoms with van der Waals surface area (Å²) in [5, 5.41) is 6.77. The van der Waals surface area contributed by atoms with Gasteiger partial charge in [-0.3, -0.25) is 5.01 Å². The van der Waals surface area contributed by atoms with Crippen LogP contribution in [-0.4, -0.2) is 33.9 Å². The predicted molar refractivity (Wildman–Crippen MR) is 69.0 cm³/mol. The third-order valence-corrected chi connectivity index (χ3v) is 3.61. The van der Waals surface area contributed by atoms with E-state index in [1.807, 2.05) is 6.34 Å². The molecule has 0 aromatic rings. The average Bonchev–Trinajstić information content (AvgIpc) is 2.55. The molecule has 1 aliphatic heterocycles. The molecule has 0 spiro atoms. The summed E-state index contributed by atoms with van der Waals surface area (Å²) in [5.74, 6) is 0. The Hall–Kier alpha value is -0.250. The molecule has 0 N–H and O–H groups in total. The van der Waals surface area contributed by atoms with Crippen molar-refractivity contribution in [2.75, 3.05) is 6.54 Å². The first-order chi connectivity index (χ1) is 7.16. The van der Waals surface area contributed by atoms with E-state index in [9.17, 15) is 0 Å². The summed E-state index contributed by atoms with van der Waals surface area (Å²) < 4.78 is 0. The van der Waals surface area contributed by atoms with Crippen molar-refractivity contribution in [1.29, 1.82) is 0 Å². The fraction of sp³-hybridized carbons (Fsp3) is 0.909. The maximum absolute atomic E-state index is 4.40. The van der Waals surface area contributed by atoms with Gasteiger partial charge in [-0.25, -0.2) is 0 Å². The number of rotatable bonds is 6. The van der Waals surface area contributed by atoms with Gasteiger partial charge < -0.3 is 4.90 Å². The molecule has 1 heterocycles. The standard InChI is InChI=1S/C11H22BrN3/c1-4-5-6-7-8-15-11(12)14(9-13-15)10(2)3/h9-11H,4-8H2,1-3H3. The number of unbranched alkanes of at least 4 members (excludes halogenated alkanes) is 3. The minimum atomic E-state index is 0.249. The Bertz CT molecular complexity index is 206. The normalized spacial score (nSPS) is 20.7. The van der Waals surface area contributed by atoms with E-state index in [2.05, 4.69) is 51.7 Å². The first kappa shape index (κ1) is 12.8. The number of nitrogens with zero attached hydrogens (tertiary/aromatic N) is 3. The minimum absolute atomic E-state index is 0.249. The van der Waals surface area contributed by atoms with Crippen LogP contribution in [0.15, 0.2) is 5.10 Å². The maximum Gasteiger partial charge on any atom is 0.176 e. The summed E-state index contributed by atoms with van der Waals surface area (Å²) in [6.45, 7) is 7.65. The fourth-order valence-electron chi connectivity index (χ4n) is 1.63. The quantitative estimate of drug-likeness (QED) is 0.421. The van der Waals surface area contributed by atoms with Crippen LogP contribution in [0, 0.1) is 0 Å². The molecule has 0 aromatic heterocycles. The average molecular weight is 276 g/mol. The first-order valence-corrected chi connectivity index (χ1v) is 6.80. The number of halogens is 1. The van der Waals surface area contributed by atoms with E-state index in [1.54, 1.807) is 0 Å². The van der Waals surface area contributed by atoms with Gasteiger partial charge in [-0.1, -0.05) is 26.2 Å². The lowest BCUT2D eigenvalue weighted by atomic mass is 10.2. The Morgan fingerprint density at radius 1 is 1.33 bits per heavy atom. The summed E-state index contributed by atoms with van der Waals surface area (Å²) in [6, 6.07) is 0.499. The number of hydrogen-bond donors (Lipinski definition) is 0. The van der Waals surface area contributed by atoms with Crippen molar-refractivity contribution in [1.82, 2.24) is 9.91 Å². The van der Waals surface area contributed by atoms with Crippen LogP contribution in [0.25, 0.3) is 0 Å². The van der Waals surface area contributed by atoms with Crippen molar-refractivity contribution in [3.8, 4) is 0 Å². The Balaban J connectivity index is 2.25. The molecule has 0 bridgehead atoms. The molecule has 1 unspecified atom stereocenters. The van der Waals surface area contributed by atoms with Gasteiger partial charge in [0, 0.05) is 12.6 Å². The molecule has 0 aliphatic carbocycles. The second kappa shape index (κ2) is 6.36. The van der Waals surface area contributed by atoms with E-state index in [-0.39, 0.29) is 5.08 Å². The number of hydrogen-bond acceptors (Lipinski definition) is 3. The molecular formula is C11H22BrN3. The number of alkyl halides is 1. The molecule has 1 atom stereocenters. The largest absolute Gasteiger partial charge is 0.328 e. The third-order valence-electron chi connectivity index (χ3n) is 2.66. The zero-order valence-corrected chi connectivity index (χ0v) is 11.6. The van der Waals surface area contributed by atoms with Gasteiger partial charge in [0.05, 0.1) is 0 Å².